The molecular formula is C15H21N3O2S. The SMILES string of the molecule is CC(C)C1NC(=O)C2(CCCC2)N(Cc2cncs2)C1=O. The van der Waals surface area contributed by atoms with Crippen molar-refractivity contribution in [2.24, 2.45) is 5.92 Å². The number of aromatic nitrogens is 1. The lowest BCUT2D eigenvalue weighted by atomic mass is 9.87. The monoisotopic (exact) mass is 307 g/mol. The van der Waals surface area contributed by atoms with Gasteiger partial charge in [-0.1, -0.05) is 26.7 Å². The average molecular weight is 307 g/mol. The van der Waals surface area contributed by atoms with Gasteiger partial charge in [0.2, 0.25) is 11.8 Å². The highest BCUT2D eigenvalue weighted by Crippen LogP contribution is 2.39. The zero-order valence-corrected chi connectivity index (χ0v) is 13.3. The fourth-order valence-corrected chi connectivity index (χ4v) is 4.04. The fourth-order valence-electron chi connectivity index (χ4n) is 3.45. The van der Waals surface area contributed by atoms with Crippen molar-refractivity contribution >= 4 is 23.2 Å². The maximum absolute atomic E-state index is 12.9. The normalized spacial score (nSPS) is 24.9. The summed E-state index contributed by atoms with van der Waals surface area (Å²) in [5.41, 5.74) is 1.14. The highest BCUT2D eigenvalue weighted by Gasteiger charge is 2.54. The van der Waals surface area contributed by atoms with Crippen LogP contribution in [0.3, 0.4) is 0 Å². The molecule has 114 valence electrons. The van der Waals surface area contributed by atoms with Gasteiger partial charge in [-0.15, -0.1) is 11.3 Å². The van der Waals surface area contributed by atoms with E-state index in [0.29, 0.717) is 6.54 Å². The predicted octanol–water partition coefficient (Wildman–Crippen LogP) is 1.94. The van der Waals surface area contributed by atoms with Crippen LogP contribution < -0.4 is 5.32 Å². The van der Waals surface area contributed by atoms with Crippen molar-refractivity contribution in [1.29, 1.82) is 0 Å². The van der Waals surface area contributed by atoms with Crippen molar-refractivity contribution in [2.45, 2.75) is 57.7 Å². The number of amides is 2. The second-order valence-electron chi connectivity index (χ2n) is 6.33. The lowest BCUT2D eigenvalue weighted by molar-refractivity contribution is -0.159. The van der Waals surface area contributed by atoms with Crippen molar-refractivity contribution in [3.63, 3.8) is 0 Å². The molecule has 21 heavy (non-hydrogen) atoms. The first-order valence-corrected chi connectivity index (χ1v) is 8.42. The number of piperazine rings is 1. The first-order chi connectivity index (χ1) is 10.0. The van der Waals surface area contributed by atoms with Crippen LogP contribution >= 0.6 is 11.3 Å². The Morgan fingerprint density at radius 3 is 2.71 bits per heavy atom. The van der Waals surface area contributed by atoms with E-state index >= 15 is 0 Å². The highest BCUT2D eigenvalue weighted by atomic mass is 32.1. The number of nitrogens with zero attached hydrogens (tertiary/aromatic N) is 2. The molecule has 0 aromatic carbocycles. The number of thiazole rings is 1. The molecule has 3 rings (SSSR count). The van der Waals surface area contributed by atoms with Gasteiger partial charge in [0.1, 0.15) is 11.6 Å². The molecule has 5 nitrogen and oxygen atoms in total. The summed E-state index contributed by atoms with van der Waals surface area (Å²) in [6.07, 6.45) is 5.35. The zero-order chi connectivity index (χ0) is 15.0. The summed E-state index contributed by atoms with van der Waals surface area (Å²) in [6.45, 7) is 4.45. The Morgan fingerprint density at radius 2 is 2.14 bits per heavy atom. The molecule has 1 aromatic heterocycles. The molecule has 0 radical (unpaired) electrons. The second kappa shape index (κ2) is 5.40. The summed E-state index contributed by atoms with van der Waals surface area (Å²) < 4.78 is 0. The quantitative estimate of drug-likeness (QED) is 0.928. The van der Waals surface area contributed by atoms with Crippen molar-refractivity contribution < 1.29 is 9.59 Å². The molecule has 1 N–H and O–H groups in total. The van der Waals surface area contributed by atoms with Gasteiger partial charge in [-0.05, 0) is 18.8 Å². The Labute approximate surface area is 128 Å². The summed E-state index contributed by atoms with van der Waals surface area (Å²) >= 11 is 1.53. The smallest absolute Gasteiger partial charge is 0.246 e. The summed E-state index contributed by atoms with van der Waals surface area (Å²) in [7, 11) is 0. The third-order valence-corrected chi connectivity index (χ3v) is 5.42. The van der Waals surface area contributed by atoms with E-state index in [2.05, 4.69) is 10.3 Å². The van der Waals surface area contributed by atoms with Crippen LogP contribution in [-0.2, 0) is 16.1 Å². The van der Waals surface area contributed by atoms with Crippen LogP contribution in [0.2, 0.25) is 0 Å². The molecule has 2 aliphatic rings. The Balaban J connectivity index is 1.95. The Kier molecular flexibility index (Phi) is 3.73. The molecule has 1 saturated heterocycles. The van der Waals surface area contributed by atoms with Crippen molar-refractivity contribution in [3.05, 3.63) is 16.6 Å². The number of hydrogen-bond acceptors (Lipinski definition) is 4. The Bertz CT molecular complexity index is 535. The summed E-state index contributed by atoms with van der Waals surface area (Å²) in [4.78, 5) is 32.5. The zero-order valence-electron chi connectivity index (χ0n) is 12.5. The Morgan fingerprint density at radius 1 is 1.43 bits per heavy atom. The third-order valence-electron chi connectivity index (χ3n) is 4.65. The van der Waals surface area contributed by atoms with E-state index in [4.69, 9.17) is 0 Å². The lowest BCUT2D eigenvalue weighted by Gasteiger charge is -2.47. The van der Waals surface area contributed by atoms with Crippen LogP contribution in [-0.4, -0.2) is 33.3 Å². The van der Waals surface area contributed by atoms with E-state index in [-0.39, 0.29) is 17.7 Å². The molecule has 1 aliphatic carbocycles. The van der Waals surface area contributed by atoms with Gasteiger partial charge in [-0.2, -0.15) is 0 Å². The lowest BCUT2D eigenvalue weighted by Crippen LogP contribution is -2.70. The molecular weight excluding hydrogens is 286 g/mol. The second-order valence-corrected chi connectivity index (χ2v) is 7.30. The maximum atomic E-state index is 12.9. The molecule has 1 aliphatic heterocycles. The van der Waals surface area contributed by atoms with E-state index in [9.17, 15) is 9.59 Å². The molecule has 2 amide bonds. The number of nitrogens with one attached hydrogen (secondary N) is 1. The maximum Gasteiger partial charge on any atom is 0.246 e. The number of carbonyl (C=O) groups is 2. The van der Waals surface area contributed by atoms with Gasteiger partial charge in [-0.3, -0.25) is 14.6 Å². The van der Waals surface area contributed by atoms with Gasteiger partial charge in [0.15, 0.2) is 0 Å². The van der Waals surface area contributed by atoms with E-state index in [0.717, 1.165) is 30.6 Å². The summed E-state index contributed by atoms with van der Waals surface area (Å²) in [6, 6.07) is -0.406. The van der Waals surface area contributed by atoms with Crippen LogP contribution in [0, 0.1) is 5.92 Å². The topological polar surface area (TPSA) is 62.3 Å². The number of carbonyl (C=O) groups excluding carboxylic acids is 2. The largest absolute Gasteiger partial charge is 0.342 e. The molecule has 1 aromatic rings. The minimum atomic E-state index is -0.632. The molecule has 1 atom stereocenters. The predicted molar refractivity (Wildman–Crippen MR) is 80.6 cm³/mol. The Hall–Kier alpha value is -1.43. The van der Waals surface area contributed by atoms with E-state index in [1.165, 1.54) is 11.3 Å². The van der Waals surface area contributed by atoms with Crippen LogP contribution in [0.25, 0.3) is 0 Å². The van der Waals surface area contributed by atoms with Gasteiger partial charge in [0.05, 0.1) is 12.1 Å². The average Bonchev–Trinajstić information content (AvgIpc) is 3.10. The van der Waals surface area contributed by atoms with Crippen molar-refractivity contribution in [3.8, 4) is 0 Å². The first kappa shape index (κ1) is 14.5. The van der Waals surface area contributed by atoms with Gasteiger partial charge in [-0.25, -0.2) is 0 Å². The molecule has 1 spiro atoms. The molecule has 2 heterocycles. The van der Waals surface area contributed by atoms with Gasteiger partial charge < -0.3 is 10.2 Å². The number of rotatable bonds is 3. The van der Waals surface area contributed by atoms with Gasteiger partial charge in [0, 0.05) is 11.1 Å². The molecule has 1 unspecified atom stereocenters. The minimum absolute atomic E-state index is 0.0304. The van der Waals surface area contributed by atoms with Crippen LogP contribution in [0.5, 0.6) is 0 Å². The van der Waals surface area contributed by atoms with Gasteiger partial charge in [0.25, 0.3) is 0 Å². The van der Waals surface area contributed by atoms with Gasteiger partial charge >= 0.3 is 0 Å². The van der Waals surface area contributed by atoms with E-state index in [1.54, 1.807) is 11.7 Å². The molecule has 1 saturated carbocycles. The molecule has 2 fully saturated rings. The van der Waals surface area contributed by atoms with E-state index < -0.39 is 11.6 Å². The number of hydrogen-bond donors (Lipinski definition) is 1. The molecule has 6 heteroatoms. The van der Waals surface area contributed by atoms with Crippen LogP contribution in [0.15, 0.2) is 11.7 Å². The molecule has 0 bridgehead atoms. The van der Waals surface area contributed by atoms with E-state index in [1.807, 2.05) is 18.7 Å². The third kappa shape index (κ3) is 2.35. The standard InChI is InChI=1S/C15H21N3O2S/c1-10(2)12-13(19)18(8-11-7-16-9-21-11)15(14(20)17-12)5-3-4-6-15/h7,9-10,12H,3-6,8H2,1-2H3,(H,17,20). The highest BCUT2D eigenvalue weighted by molar-refractivity contribution is 7.09. The van der Waals surface area contributed by atoms with Crippen molar-refractivity contribution in [1.82, 2.24) is 15.2 Å². The first-order valence-electron chi connectivity index (χ1n) is 7.54. The summed E-state index contributed by atoms with van der Waals surface area (Å²) in [5, 5.41) is 2.97. The van der Waals surface area contributed by atoms with Crippen LogP contribution in [0.4, 0.5) is 0 Å². The summed E-state index contributed by atoms with van der Waals surface area (Å²) in [5.74, 6) is 0.187. The van der Waals surface area contributed by atoms with Crippen molar-refractivity contribution in [2.75, 3.05) is 0 Å². The minimum Gasteiger partial charge on any atom is -0.342 e. The fraction of sp³-hybridized carbons (Fsp3) is 0.667. The van der Waals surface area contributed by atoms with Crippen LogP contribution in [0.1, 0.15) is 44.4 Å².